The lowest BCUT2D eigenvalue weighted by molar-refractivity contribution is -0.138. The molecule has 0 saturated heterocycles. The van der Waals surface area contributed by atoms with Crippen LogP contribution in [-0.2, 0) is 33.3 Å². The molecule has 0 aliphatic heterocycles. The Hall–Kier alpha value is -4.92. The van der Waals surface area contributed by atoms with E-state index in [1.807, 2.05) is 67.6 Å². The molecule has 13 heteroatoms. The molecule has 0 unspecified atom stereocenters. The second-order valence-corrected chi connectivity index (χ2v) is 12.4. The summed E-state index contributed by atoms with van der Waals surface area (Å²) in [6.07, 6.45) is 2.01. The molecule has 0 bridgehead atoms. The van der Waals surface area contributed by atoms with Crippen molar-refractivity contribution in [2.75, 3.05) is 71.3 Å². The standard InChI is InChI=1S/C40H51N5O8/c1-29-15-18-43-37(26-29)42-17-5-10-38(46)44-36(28-53-25-24-52-23-22-51-21-20-50-19-16-41)40(49)45-35(27-39(47)48)32-13-11-31(12-14-32)34-9-4-7-30-6-2-3-8-33(30)34/h2-4,6-9,11-15,18,26,35-36H,5,10,16-17,19-25,27-28,41H2,1H3,(H,42,43)(H,44,46)(H,45,49)(H,47,48)/t35-,36-/m0/s1. The molecule has 284 valence electrons. The van der Waals surface area contributed by atoms with Gasteiger partial charge in [0.15, 0.2) is 0 Å². The summed E-state index contributed by atoms with van der Waals surface area (Å²) >= 11 is 0. The number of anilines is 1. The summed E-state index contributed by atoms with van der Waals surface area (Å²) in [4.78, 5) is 42.9. The highest BCUT2D eigenvalue weighted by Crippen LogP contribution is 2.30. The van der Waals surface area contributed by atoms with Crippen LogP contribution in [0.2, 0.25) is 0 Å². The average molecular weight is 730 g/mol. The van der Waals surface area contributed by atoms with Crippen LogP contribution >= 0.6 is 0 Å². The maximum absolute atomic E-state index is 13.7. The predicted molar refractivity (Wildman–Crippen MR) is 203 cm³/mol. The molecule has 0 aliphatic carbocycles. The number of amides is 2. The van der Waals surface area contributed by atoms with Crippen LogP contribution in [0, 0.1) is 6.92 Å². The minimum atomic E-state index is -1.08. The fourth-order valence-electron chi connectivity index (χ4n) is 5.56. The topological polar surface area (TPSA) is 183 Å². The van der Waals surface area contributed by atoms with Crippen LogP contribution in [0.25, 0.3) is 21.9 Å². The lowest BCUT2D eigenvalue weighted by Gasteiger charge is -2.23. The first kappa shape index (κ1) is 40.8. The number of carboxylic acid groups (broad SMARTS) is 1. The van der Waals surface area contributed by atoms with E-state index in [0.717, 1.165) is 33.3 Å². The first-order chi connectivity index (χ1) is 25.8. The molecule has 2 amide bonds. The summed E-state index contributed by atoms with van der Waals surface area (Å²) < 4.78 is 22.0. The highest BCUT2D eigenvalue weighted by atomic mass is 16.6. The molecule has 0 aliphatic rings. The van der Waals surface area contributed by atoms with Gasteiger partial charge in [-0.2, -0.15) is 0 Å². The van der Waals surface area contributed by atoms with Crippen molar-refractivity contribution in [1.29, 1.82) is 0 Å². The molecule has 0 fully saturated rings. The number of pyridine rings is 1. The highest BCUT2D eigenvalue weighted by Gasteiger charge is 2.26. The van der Waals surface area contributed by atoms with Crippen molar-refractivity contribution >= 4 is 34.4 Å². The largest absolute Gasteiger partial charge is 0.481 e. The number of ether oxygens (including phenoxy) is 4. The van der Waals surface area contributed by atoms with E-state index in [1.165, 1.54) is 0 Å². The van der Waals surface area contributed by atoms with Crippen molar-refractivity contribution in [1.82, 2.24) is 15.6 Å². The number of benzene rings is 3. The van der Waals surface area contributed by atoms with Crippen LogP contribution in [-0.4, -0.2) is 99.9 Å². The fraction of sp³-hybridized carbons (Fsp3) is 0.400. The molecule has 0 radical (unpaired) electrons. The van der Waals surface area contributed by atoms with E-state index in [1.54, 1.807) is 6.20 Å². The predicted octanol–water partition coefficient (Wildman–Crippen LogP) is 4.24. The molecule has 4 rings (SSSR count). The molecule has 1 aromatic heterocycles. The molecule has 53 heavy (non-hydrogen) atoms. The summed E-state index contributed by atoms with van der Waals surface area (Å²) in [7, 11) is 0. The maximum Gasteiger partial charge on any atom is 0.305 e. The van der Waals surface area contributed by atoms with Crippen molar-refractivity contribution in [3.05, 3.63) is 96.2 Å². The van der Waals surface area contributed by atoms with Gasteiger partial charge in [-0.25, -0.2) is 4.98 Å². The zero-order chi connectivity index (χ0) is 37.7. The van der Waals surface area contributed by atoms with Crippen LogP contribution in [0.5, 0.6) is 0 Å². The third-order valence-electron chi connectivity index (χ3n) is 8.23. The number of carbonyl (C=O) groups excluding carboxylic acids is 2. The van der Waals surface area contributed by atoms with E-state index in [4.69, 9.17) is 24.7 Å². The number of hydrogen-bond acceptors (Lipinski definition) is 10. The number of aromatic nitrogens is 1. The smallest absolute Gasteiger partial charge is 0.305 e. The quantitative estimate of drug-likeness (QED) is 0.0615. The zero-order valence-electron chi connectivity index (χ0n) is 30.3. The van der Waals surface area contributed by atoms with Gasteiger partial charge < -0.3 is 45.7 Å². The third-order valence-corrected chi connectivity index (χ3v) is 8.23. The Bertz CT molecular complexity index is 1720. The minimum Gasteiger partial charge on any atom is -0.481 e. The number of nitrogens with two attached hydrogens (primary N) is 1. The maximum atomic E-state index is 13.7. The molecule has 6 N–H and O–H groups in total. The summed E-state index contributed by atoms with van der Waals surface area (Å²) in [5, 5.41) is 20.8. The van der Waals surface area contributed by atoms with Gasteiger partial charge in [-0.1, -0.05) is 66.7 Å². The average Bonchev–Trinajstić information content (AvgIpc) is 3.16. The summed E-state index contributed by atoms with van der Waals surface area (Å²) in [6.45, 7) is 5.34. The molecule has 0 spiro atoms. The Labute approximate surface area is 310 Å². The molecule has 1 heterocycles. The Morgan fingerprint density at radius 2 is 1.49 bits per heavy atom. The third kappa shape index (κ3) is 14.6. The minimum absolute atomic E-state index is 0.138. The van der Waals surface area contributed by atoms with Gasteiger partial charge in [0.25, 0.3) is 0 Å². The van der Waals surface area contributed by atoms with Crippen molar-refractivity contribution in [3.63, 3.8) is 0 Å². The molecule has 0 saturated carbocycles. The van der Waals surface area contributed by atoms with Gasteiger partial charge >= 0.3 is 5.97 Å². The van der Waals surface area contributed by atoms with Crippen molar-refractivity contribution in [3.8, 4) is 11.1 Å². The number of nitrogens with one attached hydrogen (secondary N) is 3. The molecule has 13 nitrogen and oxygen atoms in total. The van der Waals surface area contributed by atoms with Crippen molar-refractivity contribution in [2.24, 2.45) is 5.73 Å². The summed E-state index contributed by atoms with van der Waals surface area (Å²) in [6, 6.07) is 23.5. The highest BCUT2D eigenvalue weighted by molar-refractivity contribution is 5.96. The number of aliphatic carboxylic acids is 1. The van der Waals surface area contributed by atoms with Crippen LogP contribution in [0.3, 0.4) is 0 Å². The number of nitrogens with zero attached hydrogens (tertiary/aromatic N) is 1. The Morgan fingerprint density at radius 3 is 2.19 bits per heavy atom. The Kier molecular flexibility index (Phi) is 17.6. The number of aryl methyl sites for hydroxylation is 1. The Balaban J connectivity index is 1.34. The Morgan fingerprint density at radius 1 is 0.811 bits per heavy atom. The SMILES string of the molecule is Cc1ccnc(NCCCC(=O)N[C@@H](COCCOCCOCCOCCN)C(=O)N[C@@H](CC(=O)O)c2ccc(-c3cccc4ccccc34)cc2)c1. The zero-order valence-corrected chi connectivity index (χ0v) is 30.3. The first-order valence-corrected chi connectivity index (χ1v) is 17.9. The molecular formula is C40H51N5O8. The number of fused-ring (bicyclic) bond motifs is 1. The lowest BCUT2D eigenvalue weighted by atomic mass is 9.95. The fourth-order valence-corrected chi connectivity index (χ4v) is 5.56. The van der Waals surface area contributed by atoms with E-state index in [-0.39, 0.29) is 38.6 Å². The van der Waals surface area contributed by atoms with Gasteiger partial charge in [0.2, 0.25) is 11.8 Å². The first-order valence-electron chi connectivity index (χ1n) is 17.9. The molecule has 3 aromatic carbocycles. The molecule has 2 atom stereocenters. The lowest BCUT2D eigenvalue weighted by Crippen LogP contribution is -2.50. The van der Waals surface area contributed by atoms with Gasteiger partial charge in [-0.05, 0) is 58.5 Å². The van der Waals surface area contributed by atoms with E-state index < -0.39 is 24.0 Å². The number of carboxylic acids is 1. The number of carbonyl (C=O) groups is 3. The van der Waals surface area contributed by atoms with Crippen LogP contribution in [0.4, 0.5) is 5.82 Å². The van der Waals surface area contributed by atoms with Gasteiger partial charge in [-0.15, -0.1) is 0 Å². The molecule has 4 aromatic rings. The second kappa shape index (κ2) is 22.9. The summed E-state index contributed by atoms with van der Waals surface area (Å²) in [5.74, 6) is -1.26. The van der Waals surface area contributed by atoms with Gasteiger partial charge in [0.1, 0.15) is 11.9 Å². The van der Waals surface area contributed by atoms with Crippen LogP contribution in [0.1, 0.15) is 36.4 Å². The second-order valence-electron chi connectivity index (χ2n) is 12.4. The van der Waals surface area contributed by atoms with Gasteiger partial charge in [-0.3, -0.25) is 14.4 Å². The molecular weight excluding hydrogens is 678 g/mol. The van der Waals surface area contributed by atoms with E-state index in [9.17, 15) is 19.5 Å². The normalized spacial score (nSPS) is 12.3. The van der Waals surface area contributed by atoms with Crippen molar-refractivity contribution in [2.45, 2.75) is 38.3 Å². The van der Waals surface area contributed by atoms with Gasteiger partial charge in [0.05, 0.1) is 65.3 Å². The van der Waals surface area contributed by atoms with E-state index in [2.05, 4.69) is 39.1 Å². The van der Waals surface area contributed by atoms with Crippen LogP contribution in [0.15, 0.2) is 85.1 Å². The monoisotopic (exact) mass is 729 g/mol. The van der Waals surface area contributed by atoms with Gasteiger partial charge in [0, 0.05) is 25.7 Å². The van der Waals surface area contributed by atoms with Crippen LogP contribution < -0.4 is 21.7 Å². The van der Waals surface area contributed by atoms with Crippen molar-refractivity contribution < 1.29 is 38.4 Å². The van der Waals surface area contributed by atoms with E-state index >= 15 is 0 Å². The summed E-state index contributed by atoms with van der Waals surface area (Å²) in [5.41, 5.74) is 9.08. The van der Waals surface area contributed by atoms with E-state index in [0.29, 0.717) is 58.1 Å². The number of rotatable bonds is 25. The number of hydrogen-bond donors (Lipinski definition) is 5.